The summed E-state index contributed by atoms with van der Waals surface area (Å²) < 4.78 is 4.48. The predicted molar refractivity (Wildman–Crippen MR) is 56.4 cm³/mol. The van der Waals surface area contributed by atoms with Gasteiger partial charge in [-0.3, -0.25) is 0 Å². The Morgan fingerprint density at radius 1 is 1.29 bits per heavy atom. The summed E-state index contributed by atoms with van der Waals surface area (Å²) in [6.45, 7) is 0. The summed E-state index contributed by atoms with van der Waals surface area (Å²) in [5.41, 5.74) is 0.296. The number of benzene rings is 1. The van der Waals surface area contributed by atoms with Crippen molar-refractivity contribution in [2.24, 2.45) is 0 Å². The van der Waals surface area contributed by atoms with Crippen LogP contribution >= 0.6 is 0 Å². The van der Waals surface area contributed by atoms with Crippen LogP contribution in [0.2, 0.25) is 0 Å². The van der Waals surface area contributed by atoms with E-state index in [9.17, 15) is 14.7 Å². The van der Waals surface area contributed by atoms with Crippen LogP contribution < -0.4 is 0 Å². The summed E-state index contributed by atoms with van der Waals surface area (Å²) in [6.07, 6.45) is -3.54. The van der Waals surface area contributed by atoms with E-state index >= 15 is 0 Å². The van der Waals surface area contributed by atoms with Crippen LogP contribution in [0.15, 0.2) is 24.3 Å². The van der Waals surface area contributed by atoms with Gasteiger partial charge in [-0.1, -0.05) is 12.1 Å². The monoisotopic (exact) mass is 240 g/mol. The Kier molecular flexibility index (Phi) is 4.19. The van der Waals surface area contributed by atoms with Crippen molar-refractivity contribution in [1.29, 1.82) is 0 Å². The van der Waals surface area contributed by atoms with Gasteiger partial charge in [0, 0.05) is 0 Å². The maximum atomic E-state index is 11.2. The highest BCUT2D eigenvalue weighted by molar-refractivity contribution is 5.89. The Hall–Kier alpha value is -1.92. The minimum atomic E-state index is -1.94. The number of carbonyl (C=O) groups excluding carboxylic acids is 1. The van der Waals surface area contributed by atoms with Crippen molar-refractivity contribution in [2.75, 3.05) is 7.11 Å². The molecule has 92 valence electrons. The number of methoxy groups -OCH3 is 1. The number of carboxylic acid groups (broad SMARTS) is 1. The first-order valence-corrected chi connectivity index (χ1v) is 4.74. The summed E-state index contributed by atoms with van der Waals surface area (Å²) >= 11 is 0. The first kappa shape index (κ1) is 13.1. The standard InChI is InChI=1S/C11H12O6/c1-17-11(16)7-4-2-3-6(5-7)8(12)9(13)10(14)15/h2-5,8-9,12-13H,1H3,(H,14,15). The second-order valence-electron chi connectivity index (χ2n) is 3.34. The van der Waals surface area contributed by atoms with Crippen molar-refractivity contribution in [3.63, 3.8) is 0 Å². The van der Waals surface area contributed by atoms with Gasteiger partial charge in [0.05, 0.1) is 12.7 Å². The molecule has 17 heavy (non-hydrogen) atoms. The molecule has 1 aromatic carbocycles. The van der Waals surface area contributed by atoms with Gasteiger partial charge in [-0.2, -0.15) is 0 Å². The topological polar surface area (TPSA) is 104 Å². The molecule has 0 amide bonds. The summed E-state index contributed by atoms with van der Waals surface area (Å²) in [6, 6.07) is 5.58. The molecule has 0 saturated carbocycles. The quantitative estimate of drug-likeness (QED) is 0.637. The maximum absolute atomic E-state index is 11.2. The van der Waals surface area contributed by atoms with E-state index in [4.69, 9.17) is 10.2 Å². The molecule has 0 aliphatic rings. The number of aliphatic hydroxyl groups excluding tert-OH is 2. The molecule has 0 aliphatic heterocycles. The van der Waals surface area contributed by atoms with Gasteiger partial charge in [-0.25, -0.2) is 9.59 Å². The molecule has 0 heterocycles. The lowest BCUT2D eigenvalue weighted by atomic mass is 10.0. The number of rotatable bonds is 4. The fraction of sp³-hybridized carbons (Fsp3) is 0.273. The molecule has 1 rings (SSSR count). The number of aliphatic carboxylic acids is 1. The Balaban J connectivity index is 2.99. The highest BCUT2D eigenvalue weighted by Crippen LogP contribution is 2.18. The van der Waals surface area contributed by atoms with Crippen LogP contribution in [-0.2, 0) is 9.53 Å². The first-order chi connectivity index (χ1) is 7.97. The van der Waals surface area contributed by atoms with E-state index in [0.29, 0.717) is 0 Å². The van der Waals surface area contributed by atoms with Crippen LogP contribution in [0.1, 0.15) is 22.0 Å². The highest BCUT2D eigenvalue weighted by Gasteiger charge is 2.25. The van der Waals surface area contributed by atoms with Gasteiger partial charge in [0.25, 0.3) is 0 Å². The molecule has 0 radical (unpaired) electrons. The molecule has 0 aliphatic carbocycles. The fourth-order valence-corrected chi connectivity index (χ4v) is 1.28. The van der Waals surface area contributed by atoms with Crippen molar-refractivity contribution in [3.8, 4) is 0 Å². The van der Waals surface area contributed by atoms with Crippen molar-refractivity contribution in [2.45, 2.75) is 12.2 Å². The lowest BCUT2D eigenvalue weighted by Crippen LogP contribution is -2.27. The van der Waals surface area contributed by atoms with Crippen molar-refractivity contribution in [1.82, 2.24) is 0 Å². The van der Waals surface area contributed by atoms with E-state index in [0.717, 1.165) is 0 Å². The number of ether oxygens (including phenoxy) is 1. The van der Waals surface area contributed by atoms with E-state index in [1.807, 2.05) is 0 Å². The number of aliphatic hydroxyl groups is 2. The Bertz CT molecular complexity index is 428. The molecule has 0 spiro atoms. The van der Waals surface area contributed by atoms with Gasteiger partial charge >= 0.3 is 11.9 Å². The molecule has 2 unspecified atom stereocenters. The third-order valence-corrected chi connectivity index (χ3v) is 2.20. The van der Waals surface area contributed by atoms with Crippen LogP contribution in [0.5, 0.6) is 0 Å². The summed E-state index contributed by atoms with van der Waals surface area (Å²) in [5, 5.41) is 27.3. The number of carbonyl (C=O) groups is 2. The SMILES string of the molecule is COC(=O)c1cccc(C(O)C(O)C(=O)O)c1. The molecule has 0 fully saturated rings. The van der Waals surface area contributed by atoms with E-state index in [1.54, 1.807) is 0 Å². The zero-order valence-corrected chi connectivity index (χ0v) is 9.03. The summed E-state index contributed by atoms with van der Waals surface area (Å²) in [4.78, 5) is 21.7. The number of hydrogen-bond acceptors (Lipinski definition) is 5. The highest BCUT2D eigenvalue weighted by atomic mass is 16.5. The molecular weight excluding hydrogens is 228 g/mol. The number of hydrogen-bond donors (Lipinski definition) is 3. The minimum absolute atomic E-state index is 0.128. The summed E-state index contributed by atoms with van der Waals surface area (Å²) in [5.74, 6) is -2.15. The third kappa shape index (κ3) is 3.02. The Labute approximate surface area is 97.1 Å². The van der Waals surface area contributed by atoms with Crippen molar-refractivity contribution >= 4 is 11.9 Å². The van der Waals surface area contributed by atoms with Gasteiger partial charge in [0.15, 0.2) is 6.10 Å². The van der Waals surface area contributed by atoms with E-state index < -0.39 is 24.1 Å². The van der Waals surface area contributed by atoms with Gasteiger partial charge in [0.1, 0.15) is 6.10 Å². The van der Waals surface area contributed by atoms with Gasteiger partial charge in [-0.05, 0) is 17.7 Å². The van der Waals surface area contributed by atoms with Crippen LogP contribution in [0, 0.1) is 0 Å². The lowest BCUT2D eigenvalue weighted by Gasteiger charge is -2.14. The fourth-order valence-electron chi connectivity index (χ4n) is 1.28. The minimum Gasteiger partial charge on any atom is -0.479 e. The van der Waals surface area contributed by atoms with E-state index in [1.165, 1.54) is 31.4 Å². The van der Waals surface area contributed by atoms with Crippen molar-refractivity contribution < 1.29 is 29.6 Å². The van der Waals surface area contributed by atoms with E-state index in [2.05, 4.69) is 4.74 Å². The molecule has 0 saturated heterocycles. The van der Waals surface area contributed by atoms with Gasteiger partial charge in [0.2, 0.25) is 0 Å². The largest absolute Gasteiger partial charge is 0.479 e. The van der Waals surface area contributed by atoms with E-state index in [-0.39, 0.29) is 11.1 Å². The number of esters is 1. The average Bonchev–Trinajstić information content (AvgIpc) is 2.36. The molecule has 0 aromatic heterocycles. The first-order valence-electron chi connectivity index (χ1n) is 4.74. The molecule has 0 bridgehead atoms. The van der Waals surface area contributed by atoms with Crippen molar-refractivity contribution in [3.05, 3.63) is 35.4 Å². The Morgan fingerprint density at radius 3 is 2.47 bits per heavy atom. The molecule has 6 nitrogen and oxygen atoms in total. The second kappa shape index (κ2) is 5.42. The van der Waals surface area contributed by atoms with Crippen LogP contribution in [0.3, 0.4) is 0 Å². The second-order valence-corrected chi connectivity index (χ2v) is 3.34. The zero-order chi connectivity index (χ0) is 13.0. The molecule has 1 aromatic rings. The molecule has 2 atom stereocenters. The Morgan fingerprint density at radius 2 is 1.94 bits per heavy atom. The van der Waals surface area contributed by atoms with Gasteiger partial charge < -0.3 is 20.1 Å². The van der Waals surface area contributed by atoms with Gasteiger partial charge in [-0.15, -0.1) is 0 Å². The number of carboxylic acids is 1. The van der Waals surface area contributed by atoms with Crippen LogP contribution in [0.25, 0.3) is 0 Å². The maximum Gasteiger partial charge on any atom is 0.337 e. The summed E-state index contributed by atoms with van der Waals surface area (Å²) in [7, 11) is 1.21. The van der Waals surface area contributed by atoms with Crippen LogP contribution in [-0.4, -0.2) is 40.5 Å². The smallest absolute Gasteiger partial charge is 0.337 e. The average molecular weight is 240 g/mol. The molecular formula is C11H12O6. The third-order valence-electron chi connectivity index (χ3n) is 2.20. The molecule has 6 heteroatoms. The van der Waals surface area contributed by atoms with Crippen LogP contribution in [0.4, 0.5) is 0 Å². The predicted octanol–water partition coefficient (Wildman–Crippen LogP) is -0.0479. The normalized spacial score (nSPS) is 13.8. The lowest BCUT2D eigenvalue weighted by molar-refractivity contribution is -0.153. The molecule has 3 N–H and O–H groups in total. The zero-order valence-electron chi connectivity index (χ0n) is 9.03.